The Balaban J connectivity index is 1.36. The first-order valence-electron chi connectivity index (χ1n) is 13.7. The molecule has 1 saturated heterocycles. The molecule has 4 aliphatic rings. The molecule has 0 radical (unpaired) electrons. The van der Waals surface area contributed by atoms with Crippen LogP contribution in [0.1, 0.15) is 33.4 Å². The molecule has 42 heavy (non-hydrogen) atoms. The van der Waals surface area contributed by atoms with E-state index in [1.165, 1.54) is 0 Å². The highest BCUT2D eigenvalue weighted by atomic mass is 79.9. The zero-order chi connectivity index (χ0) is 29.4. The third-order valence-corrected chi connectivity index (χ3v) is 11.1. The zero-order valence-electron chi connectivity index (χ0n) is 22.5. The average molecular weight is 660 g/mol. The quantitative estimate of drug-likeness (QED) is 0.187. The molecule has 5 nitrogen and oxygen atoms in total. The minimum atomic E-state index is -1.31. The van der Waals surface area contributed by atoms with Crippen LogP contribution in [0.4, 0.5) is 5.69 Å². The molecule has 0 unspecified atom stereocenters. The van der Waals surface area contributed by atoms with Crippen LogP contribution in [0.5, 0.6) is 0 Å². The van der Waals surface area contributed by atoms with Crippen molar-refractivity contribution >= 4 is 62.5 Å². The van der Waals surface area contributed by atoms with Crippen LogP contribution in [0.2, 0.25) is 0 Å². The number of amides is 3. The number of carbonyl (C=O) groups excluding carboxylic acids is 3. The molecule has 0 aromatic heterocycles. The summed E-state index contributed by atoms with van der Waals surface area (Å²) < 4.78 is 0.907. The van der Waals surface area contributed by atoms with Crippen LogP contribution < -0.4 is 5.32 Å². The highest BCUT2D eigenvalue weighted by molar-refractivity contribution is 9.10. The molecule has 1 fully saturated rings. The van der Waals surface area contributed by atoms with Crippen LogP contribution in [-0.4, -0.2) is 28.7 Å². The second-order valence-corrected chi connectivity index (χ2v) is 13.2. The smallest absolute Gasteiger partial charge is 0.248 e. The van der Waals surface area contributed by atoms with Crippen LogP contribution in [-0.2, 0) is 30.6 Å². The number of likely N-dealkylation sites (tertiary alicyclic amines) is 1. The van der Waals surface area contributed by atoms with Gasteiger partial charge in [-0.3, -0.25) is 19.3 Å². The van der Waals surface area contributed by atoms with Crippen molar-refractivity contribution in [3.63, 3.8) is 0 Å². The summed E-state index contributed by atoms with van der Waals surface area (Å²) in [5, 5.41) is 2.95. The molecule has 1 heterocycles. The predicted molar refractivity (Wildman–Crippen MR) is 166 cm³/mol. The van der Waals surface area contributed by atoms with Crippen molar-refractivity contribution in [2.24, 2.45) is 11.8 Å². The van der Waals surface area contributed by atoms with Gasteiger partial charge in [-0.15, -0.1) is 23.2 Å². The lowest BCUT2D eigenvalue weighted by molar-refractivity contribution is -0.146. The lowest BCUT2D eigenvalue weighted by atomic mass is 9.54. The molecule has 1 aliphatic heterocycles. The molecule has 8 rings (SSSR count). The number of benzene rings is 4. The standard InChI is InChI=1S/C34H25BrCl2N2O3/c1-19-17-21(15-16-26(19)35)38-30(40)27(18-20-9-3-2-4-10-20)39-31(41)28-29(32(39)42)34(37)23-12-6-5-11-22(23)33(28,36)24-13-7-8-14-25(24)34/h2-17,27-29H,18H2,1H3,(H,38,40)/t27-,28+,29+,33?,34?/m0/s1. The van der Waals surface area contributed by atoms with E-state index >= 15 is 0 Å². The number of nitrogens with zero attached hydrogens (tertiary/aromatic N) is 1. The third-order valence-electron chi connectivity index (χ3n) is 8.93. The molecule has 1 N–H and O–H groups in total. The Labute approximate surface area is 262 Å². The molecule has 0 spiro atoms. The molecule has 4 aromatic carbocycles. The fraction of sp³-hybridized carbons (Fsp3) is 0.206. The summed E-state index contributed by atoms with van der Waals surface area (Å²) in [5.74, 6) is -3.39. The summed E-state index contributed by atoms with van der Waals surface area (Å²) in [6.45, 7) is 1.92. The summed E-state index contributed by atoms with van der Waals surface area (Å²) in [4.78, 5) is 41.7. The van der Waals surface area contributed by atoms with E-state index < -0.39 is 45.3 Å². The Morgan fingerprint density at radius 3 is 1.76 bits per heavy atom. The average Bonchev–Trinajstić information content (AvgIpc) is 3.27. The van der Waals surface area contributed by atoms with Gasteiger partial charge in [0.2, 0.25) is 17.7 Å². The van der Waals surface area contributed by atoms with Gasteiger partial charge >= 0.3 is 0 Å². The number of hydrogen-bond donors (Lipinski definition) is 1. The minimum Gasteiger partial charge on any atom is -0.324 e. The van der Waals surface area contributed by atoms with Crippen molar-refractivity contribution in [2.45, 2.75) is 29.1 Å². The zero-order valence-corrected chi connectivity index (χ0v) is 25.6. The van der Waals surface area contributed by atoms with Gasteiger partial charge in [0.15, 0.2) is 0 Å². The number of alkyl halides is 2. The molecule has 3 aliphatic carbocycles. The number of imide groups is 1. The molecule has 0 saturated carbocycles. The summed E-state index contributed by atoms with van der Waals surface area (Å²) in [7, 11) is 0. The maximum absolute atomic E-state index is 14.6. The van der Waals surface area contributed by atoms with Crippen molar-refractivity contribution in [3.05, 3.63) is 135 Å². The van der Waals surface area contributed by atoms with Gasteiger partial charge in [0.25, 0.3) is 0 Å². The van der Waals surface area contributed by atoms with Crippen LogP contribution in [0.25, 0.3) is 0 Å². The minimum absolute atomic E-state index is 0.142. The van der Waals surface area contributed by atoms with E-state index in [0.29, 0.717) is 5.69 Å². The molecule has 3 amide bonds. The number of rotatable bonds is 5. The van der Waals surface area contributed by atoms with E-state index in [4.69, 9.17) is 23.2 Å². The van der Waals surface area contributed by atoms with E-state index in [2.05, 4.69) is 21.2 Å². The number of carbonyl (C=O) groups is 3. The van der Waals surface area contributed by atoms with Crippen LogP contribution in [0, 0.1) is 18.8 Å². The largest absolute Gasteiger partial charge is 0.324 e. The molecule has 8 heteroatoms. The van der Waals surface area contributed by atoms with Gasteiger partial charge in [-0.25, -0.2) is 0 Å². The van der Waals surface area contributed by atoms with Gasteiger partial charge < -0.3 is 5.32 Å². The Kier molecular flexibility index (Phi) is 6.39. The number of hydrogen-bond acceptors (Lipinski definition) is 3. The lowest BCUT2D eigenvalue weighted by Crippen LogP contribution is -2.57. The summed E-state index contributed by atoms with van der Waals surface area (Å²) >= 11 is 18.7. The van der Waals surface area contributed by atoms with Crippen molar-refractivity contribution in [1.82, 2.24) is 4.90 Å². The topological polar surface area (TPSA) is 66.5 Å². The third kappa shape index (κ3) is 3.71. The fourth-order valence-corrected chi connectivity index (χ4v) is 8.43. The Morgan fingerprint density at radius 2 is 1.29 bits per heavy atom. The maximum atomic E-state index is 14.6. The van der Waals surface area contributed by atoms with Gasteiger partial charge in [-0.2, -0.15) is 0 Å². The summed E-state index contributed by atoms with van der Waals surface area (Å²) in [6.07, 6.45) is 0.142. The number of nitrogens with one attached hydrogen (secondary N) is 1. The number of aryl methyl sites for hydroxylation is 1. The van der Waals surface area contributed by atoms with E-state index in [-0.39, 0.29) is 6.42 Å². The first kappa shape index (κ1) is 27.4. The molecule has 210 valence electrons. The van der Waals surface area contributed by atoms with Crippen LogP contribution in [0.15, 0.2) is 102 Å². The highest BCUT2D eigenvalue weighted by Gasteiger charge is 2.73. The van der Waals surface area contributed by atoms with Crippen LogP contribution in [0.3, 0.4) is 0 Å². The first-order chi connectivity index (χ1) is 20.2. The van der Waals surface area contributed by atoms with E-state index in [1.54, 1.807) is 6.07 Å². The highest BCUT2D eigenvalue weighted by Crippen LogP contribution is 2.69. The molecular formula is C34H25BrCl2N2O3. The Morgan fingerprint density at radius 1 is 0.810 bits per heavy atom. The van der Waals surface area contributed by atoms with E-state index in [9.17, 15) is 14.4 Å². The van der Waals surface area contributed by atoms with Crippen molar-refractivity contribution in [1.29, 1.82) is 0 Å². The second kappa shape index (κ2) is 9.80. The fourth-order valence-electron chi connectivity index (χ4n) is 7.08. The van der Waals surface area contributed by atoms with Crippen molar-refractivity contribution in [2.75, 3.05) is 5.32 Å². The molecule has 4 aromatic rings. The molecule has 2 bridgehead atoms. The van der Waals surface area contributed by atoms with Crippen LogP contribution >= 0.6 is 39.1 Å². The summed E-state index contributed by atoms with van der Waals surface area (Å²) in [5.41, 5.74) is 5.21. The van der Waals surface area contributed by atoms with Gasteiger partial charge in [-0.1, -0.05) is 94.8 Å². The van der Waals surface area contributed by atoms with Gasteiger partial charge in [-0.05, 0) is 58.5 Å². The van der Waals surface area contributed by atoms with Gasteiger partial charge in [0.1, 0.15) is 15.8 Å². The van der Waals surface area contributed by atoms with Crippen molar-refractivity contribution < 1.29 is 14.4 Å². The van der Waals surface area contributed by atoms with E-state index in [0.717, 1.165) is 42.8 Å². The number of anilines is 1. The summed E-state index contributed by atoms with van der Waals surface area (Å²) in [6, 6.07) is 28.7. The predicted octanol–water partition coefficient (Wildman–Crippen LogP) is 6.90. The maximum Gasteiger partial charge on any atom is 0.248 e. The van der Waals surface area contributed by atoms with E-state index in [1.807, 2.05) is 97.9 Å². The van der Waals surface area contributed by atoms with Crippen molar-refractivity contribution in [3.8, 4) is 0 Å². The number of halogens is 3. The van der Waals surface area contributed by atoms with Gasteiger partial charge in [0, 0.05) is 16.6 Å². The monoisotopic (exact) mass is 658 g/mol. The first-order valence-corrected chi connectivity index (χ1v) is 15.3. The SMILES string of the molecule is Cc1cc(NC(=O)[C@H](Cc2ccccc2)N2C(=O)[C@H]3[C@H](C2=O)C2(Cl)c4ccccc4C3(Cl)c3ccccc32)ccc1Br. The normalized spacial score (nSPS) is 26.0. The Hall–Kier alpha value is -3.45. The van der Waals surface area contributed by atoms with Gasteiger partial charge in [0.05, 0.1) is 11.8 Å². The second-order valence-electron chi connectivity index (χ2n) is 11.2. The molecular weight excluding hydrogens is 635 g/mol. The lowest BCUT2D eigenvalue weighted by Gasteiger charge is -2.54. The Bertz CT molecular complexity index is 1670. The molecule has 3 atom stereocenters.